The summed E-state index contributed by atoms with van der Waals surface area (Å²) in [6, 6.07) is 3.53. The van der Waals surface area contributed by atoms with E-state index in [1.807, 2.05) is 0 Å². The molecule has 3 nitrogen and oxygen atoms in total. The zero-order valence-corrected chi connectivity index (χ0v) is 6.27. The Morgan fingerprint density at radius 3 is 2.44 bits per heavy atom. The Bertz CT molecular complexity index is 223. The number of pyridine rings is 1. The number of hydrogen-bond donors (Lipinski definition) is 2. The van der Waals surface area contributed by atoms with Crippen LogP contribution < -0.4 is 16.5 Å². The fourth-order valence-electron chi connectivity index (χ4n) is 0.510. The van der Waals surface area contributed by atoms with Gasteiger partial charge in [0.2, 0.25) is 11.6 Å². The van der Waals surface area contributed by atoms with Gasteiger partial charge in [-0.05, 0) is 22.0 Å². The van der Waals surface area contributed by atoms with Crippen LogP contribution in [0.3, 0.4) is 0 Å². The van der Waals surface area contributed by atoms with Crippen LogP contribution >= 0.6 is 15.9 Å². The van der Waals surface area contributed by atoms with E-state index in [9.17, 15) is 0 Å². The minimum Gasteiger partial charge on any atom is -0.319 e. The second-order valence-corrected chi connectivity index (χ2v) is 2.53. The molecule has 4 heteroatoms. The fourth-order valence-corrected chi connectivity index (χ4v) is 0.741. The van der Waals surface area contributed by atoms with E-state index in [1.54, 1.807) is 12.1 Å². The molecule has 1 aromatic heterocycles. The van der Waals surface area contributed by atoms with E-state index < -0.39 is 0 Å². The van der Waals surface area contributed by atoms with Crippen LogP contribution in [-0.2, 0) is 0 Å². The second kappa shape index (κ2) is 2.23. The summed E-state index contributed by atoms with van der Waals surface area (Å²) in [6.07, 6.45) is 0. The summed E-state index contributed by atoms with van der Waals surface area (Å²) >= 11 is 3.22. The minimum atomic E-state index is 0.551. The van der Waals surface area contributed by atoms with Gasteiger partial charge in [-0.2, -0.15) is 0 Å². The topological polar surface area (TPSA) is 66.2 Å². The molecule has 1 aromatic rings. The minimum absolute atomic E-state index is 0.551. The second-order valence-electron chi connectivity index (χ2n) is 1.68. The number of aromatic nitrogens is 1. The van der Waals surface area contributed by atoms with Gasteiger partial charge in [-0.25, -0.2) is 4.98 Å². The Hall–Kier alpha value is -0.770. The first kappa shape index (κ1) is 6.35. The van der Waals surface area contributed by atoms with Gasteiger partial charge < -0.3 is 11.5 Å². The molecule has 1 rings (SSSR count). The summed E-state index contributed by atoms with van der Waals surface area (Å²) in [5.74, 6) is 1.12. The first-order valence-corrected chi connectivity index (χ1v) is 3.22. The molecular weight excluding hydrogens is 182 g/mol. The van der Waals surface area contributed by atoms with E-state index in [-0.39, 0.29) is 0 Å². The molecule has 0 bridgehead atoms. The van der Waals surface area contributed by atoms with Gasteiger partial charge in [0, 0.05) is 6.07 Å². The number of hydrogen-bond acceptors (Lipinski definition) is 2. The molecule has 0 aromatic carbocycles. The summed E-state index contributed by atoms with van der Waals surface area (Å²) in [5, 5.41) is 0. The first-order chi connectivity index (χ1) is 4.20. The number of rotatable bonds is 0. The van der Waals surface area contributed by atoms with Crippen LogP contribution in [0.1, 0.15) is 0 Å². The quantitative estimate of drug-likeness (QED) is 0.621. The average molecular weight is 189 g/mol. The van der Waals surface area contributed by atoms with E-state index in [4.69, 9.17) is 11.5 Å². The van der Waals surface area contributed by atoms with Crippen molar-refractivity contribution in [3.05, 3.63) is 16.6 Å². The molecule has 1 heterocycles. The third-order valence-corrected chi connectivity index (χ3v) is 1.64. The summed E-state index contributed by atoms with van der Waals surface area (Å²) in [6.45, 7) is 0. The monoisotopic (exact) mass is 188 g/mol. The summed E-state index contributed by atoms with van der Waals surface area (Å²) in [4.78, 5) is 2.75. The van der Waals surface area contributed by atoms with E-state index >= 15 is 0 Å². The molecule has 0 aliphatic heterocycles. The van der Waals surface area contributed by atoms with Crippen LogP contribution in [-0.4, -0.2) is 0 Å². The van der Waals surface area contributed by atoms with Gasteiger partial charge in [0.1, 0.15) is 0 Å². The zero-order valence-electron chi connectivity index (χ0n) is 4.69. The summed E-state index contributed by atoms with van der Waals surface area (Å²) < 4.78 is 0.830. The lowest BCUT2D eigenvalue weighted by molar-refractivity contribution is -0.343. The number of nitrogens with two attached hydrogens (primary N) is 2. The molecule has 0 amide bonds. The average Bonchev–Trinajstić information content (AvgIpc) is 1.80. The fraction of sp³-hybridized carbons (Fsp3) is 0. The first-order valence-electron chi connectivity index (χ1n) is 2.43. The lowest BCUT2D eigenvalue weighted by Crippen LogP contribution is -2.15. The highest BCUT2D eigenvalue weighted by Crippen LogP contribution is 2.13. The van der Waals surface area contributed by atoms with Crippen LogP contribution in [0.5, 0.6) is 0 Å². The van der Waals surface area contributed by atoms with Crippen LogP contribution in [0.25, 0.3) is 0 Å². The van der Waals surface area contributed by atoms with E-state index in [0.717, 1.165) is 4.47 Å². The molecule has 48 valence electrons. The lowest BCUT2D eigenvalue weighted by Gasteiger charge is -1.91. The lowest BCUT2D eigenvalue weighted by atomic mass is 10.4. The number of nitrogen functional groups attached to an aromatic ring is 2. The highest BCUT2D eigenvalue weighted by molar-refractivity contribution is 9.10. The zero-order chi connectivity index (χ0) is 6.85. The van der Waals surface area contributed by atoms with Crippen LogP contribution in [0.2, 0.25) is 0 Å². The largest absolute Gasteiger partial charge is 0.319 e. The van der Waals surface area contributed by atoms with Crippen LogP contribution in [0, 0.1) is 0 Å². The normalized spacial score (nSPS) is 9.44. The Morgan fingerprint density at radius 1 is 1.33 bits per heavy atom. The number of H-pyrrole nitrogens is 1. The Morgan fingerprint density at radius 2 is 2.00 bits per heavy atom. The third kappa shape index (κ3) is 1.32. The van der Waals surface area contributed by atoms with Gasteiger partial charge in [0.15, 0.2) is 0 Å². The maximum absolute atomic E-state index is 5.44. The van der Waals surface area contributed by atoms with E-state index in [0.29, 0.717) is 11.6 Å². The maximum Gasteiger partial charge on any atom is 0.231 e. The molecule has 0 unspecified atom stereocenters. The number of halogens is 1. The molecular formula is C5H7BrN3+. The van der Waals surface area contributed by atoms with E-state index in [1.165, 1.54) is 0 Å². The van der Waals surface area contributed by atoms with Crippen molar-refractivity contribution >= 4 is 27.6 Å². The van der Waals surface area contributed by atoms with Gasteiger partial charge in [-0.3, -0.25) is 0 Å². The van der Waals surface area contributed by atoms with Crippen LogP contribution in [0.15, 0.2) is 16.6 Å². The molecule has 0 atom stereocenters. The van der Waals surface area contributed by atoms with Crippen molar-refractivity contribution in [3.8, 4) is 0 Å². The molecule has 0 fully saturated rings. The van der Waals surface area contributed by atoms with Gasteiger partial charge in [-0.1, -0.05) is 0 Å². The Kier molecular flexibility index (Phi) is 1.57. The highest BCUT2D eigenvalue weighted by atomic mass is 79.9. The Balaban J connectivity index is 3.17. The van der Waals surface area contributed by atoms with Crippen molar-refractivity contribution < 1.29 is 4.98 Å². The molecule has 0 saturated carbocycles. The molecule has 0 saturated heterocycles. The van der Waals surface area contributed by atoms with Gasteiger partial charge in [0.05, 0.1) is 4.47 Å². The number of anilines is 2. The highest BCUT2D eigenvalue weighted by Gasteiger charge is 1.98. The van der Waals surface area contributed by atoms with Crippen molar-refractivity contribution in [2.45, 2.75) is 0 Å². The molecule has 0 radical (unpaired) electrons. The predicted molar refractivity (Wildman–Crippen MR) is 39.5 cm³/mol. The molecule has 0 aliphatic carbocycles. The Labute approximate surface area is 61.2 Å². The van der Waals surface area contributed by atoms with Crippen molar-refractivity contribution in [2.24, 2.45) is 0 Å². The third-order valence-electron chi connectivity index (χ3n) is 0.946. The van der Waals surface area contributed by atoms with Crippen molar-refractivity contribution in [2.75, 3.05) is 11.5 Å². The van der Waals surface area contributed by atoms with Crippen LogP contribution in [0.4, 0.5) is 11.6 Å². The molecule has 0 aliphatic rings. The number of aromatic amines is 1. The van der Waals surface area contributed by atoms with Crippen molar-refractivity contribution in [3.63, 3.8) is 0 Å². The van der Waals surface area contributed by atoms with Gasteiger partial charge in [-0.15, -0.1) is 0 Å². The van der Waals surface area contributed by atoms with E-state index in [2.05, 4.69) is 20.9 Å². The van der Waals surface area contributed by atoms with Gasteiger partial charge >= 0.3 is 0 Å². The van der Waals surface area contributed by atoms with Crippen molar-refractivity contribution in [1.29, 1.82) is 0 Å². The summed E-state index contributed by atoms with van der Waals surface area (Å²) in [7, 11) is 0. The maximum atomic E-state index is 5.44. The molecule has 9 heavy (non-hydrogen) atoms. The van der Waals surface area contributed by atoms with Crippen molar-refractivity contribution in [1.82, 2.24) is 0 Å². The molecule has 0 spiro atoms. The summed E-state index contributed by atoms with van der Waals surface area (Å²) in [5.41, 5.74) is 10.8. The number of nitrogens with one attached hydrogen (secondary N) is 1. The standard InChI is InChI=1S/C5H6BrN3/c6-3-1-2-4(7)9-5(3)8/h1-2H,(H4,7,8,9)/p+1. The smallest absolute Gasteiger partial charge is 0.231 e. The predicted octanol–water partition coefficient (Wildman–Crippen LogP) is 0.428. The van der Waals surface area contributed by atoms with Gasteiger partial charge in [0.25, 0.3) is 0 Å². The SMILES string of the molecule is Nc1ccc(Br)c(N)[nH+]1. The molecule has 5 N–H and O–H groups in total.